The molecule has 1 aromatic carbocycles. The largest absolute Gasteiger partial charge is 0.489 e. The summed E-state index contributed by atoms with van der Waals surface area (Å²) in [6, 6.07) is 8.93. The average molecular weight is 277 g/mol. The quantitative estimate of drug-likeness (QED) is 0.790. The standard InChI is InChI=1S/C18H31NO/c1-7-13-19-17(8-2)14(3)20-16-11-9-15(10-12-16)18(4,5)6/h9-12,14,17,19H,7-8,13H2,1-6H3. The Kier molecular flexibility index (Phi) is 6.54. The zero-order valence-electron chi connectivity index (χ0n) is 14.0. The molecule has 0 aromatic heterocycles. The highest BCUT2D eigenvalue weighted by Gasteiger charge is 2.17. The summed E-state index contributed by atoms with van der Waals surface area (Å²) in [5.74, 6) is 0.960. The van der Waals surface area contributed by atoms with Gasteiger partial charge in [-0.2, -0.15) is 0 Å². The molecule has 0 fully saturated rings. The maximum Gasteiger partial charge on any atom is 0.119 e. The maximum atomic E-state index is 6.07. The first-order chi connectivity index (χ1) is 9.38. The molecule has 0 aliphatic rings. The first-order valence-corrected chi connectivity index (χ1v) is 7.89. The van der Waals surface area contributed by atoms with E-state index in [0.717, 1.165) is 25.1 Å². The van der Waals surface area contributed by atoms with Crippen molar-refractivity contribution in [3.8, 4) is 5.75 Å². The van der Waals surface area contributed by atoms with Crippen LogP contribution in [0.3, 0.4) is 0 Å². The number of hydrogen-bond acceptors (Lipinski definition) is 2. The van der Waals surface area contributed by atoms with Crippen molar-refractivity contribution >= 4 is 0 Å². The molecule has 1 aromatic rings. The average Bonchev–Trinajstić information content (AvgIpc) is 2.39. The molecule has 2 atom stereocenters. The maximum absolute atomic E-state index is 6.07. The van der Waals surface area contributed by atoms with Crippen molar-refractivity contribution in [2.24, 2.45) is 0 Å². The predicted molar refractivity (Wildman–Crippen MR) is 87.6 cm³/mol. The second kappa shape index (κ2) is 7.68. The highest BCUT2D eigenvalue weighted by molar-refractivity contribution is 5.31. The van der Waals surface area contributed by atoms with Crippen LogP contribution in [-0.4, -0.2) is 18.7 Å². The summed E-state index contributed by atoms with van der Waals surface area (Å²) in [7, 11) is 0. The summed E-state index contributed by atoms with van der Waals surface area (Å²) in [4.78, 5) is 0. The summed E-state index contributed by atoms with van der Waals surface area (Å²) in [5.41, 5.74) is 1.53. The van der Waals surface area contributed by atoms with Gasteiger partial charge < -0.3 is 10.1 Å². The van der Waals surface area contributed by atoms with Crippen LogP contribution < -0.4 is 10.1 Å². The van der Waals surface area contributed by atoms with Crippen LogP contribution >= 0.6 is 0 Å². The van der Waals surface area contributed by atoms with E-state index < -0.39 is 0 Å². The summed E-state index contributed by atoms with van der Waals surface area (Å²) >= 11 is 0. The molecule has 2 heteroatoms. The lowest BCUT2D eigenvalue weighted by Gasteiger charge is -2.25. The molecule has 0 saturated carbocycles. The first-order valence-electron chi connectivity index (χ1n) is 7.89. The van der Waals surface area contributed by atoms with Gasteiger partial charge in [0.05, 0.1) is 0 Å². The summed E-state index contributed by atoms with van der Waals surface area (Å²) in [5, 5.41) is 3.55. The van der Waals surface area contributed by atoms with Crippen molar-refractivity contribution < 1.29 is 4.74 Å². The molecule has 0 aliphatic heterocycles. The normalized spacial score (nSPS) is 14.9. The van der Waals surface area contributed by atoms with E-state index in [1.165, 1.54) is 5.56 Å². The molecular weight excluding hydrogens is 246 g/mol. The minimum atomic E-state index is 0.187. The minimum absolute atomic E-state index is 0.187. The molecule has 0 heterocycles. The van der Waals surface area contributed by atoms with Gasteiger partial charge >= 0.3 is 0 Å². The molecule has 0 spiro atoms. The van der Waals surface area contributed by atoms with Gasteiger partial charge in [-0.3, -0.25) is 0 Å². The van der Waals surface area contributed by atoms with Crippen LogP contribution in [0.25, 0.3) is 0 Å². The number of nitrogens with one attached hydrogen (secondary N) is 1. The fraction of sp³-hybridized carbons (Fsp3) is 0.667. The molecule has 0 radical (unpaired) electrons. The Balaban J connectivity index is 2.63. The minimum Gasteiger partial charge on any atom is -0.489 e. The third-order valence-corrected chi connectivity index (χ3v) is 3.71. The Morgan fingerprint density at radius 2 is 1.70 bits per heavy atom. The smallest absolute Gasteiger partial charge is 0.119 e. The Morgan fingerprint density at radius 1 is 1.10 bits per heavy atom. The second-order valence-corrected chi connectivity index (χ2v) is 6.57. The third kappa shape index (κ3) is 5.16. The van der Waals surface area contributed by atoms with Crippen LogP contribution in [0.1, 0.15) is 59.9 Å². The van der Waals surface area contributed by atoms with Crippen molar-refractivity contribution in [1.29, 1.82) is 0 Å². The first kappa shape index (κ1) is 17.0. The molecule has 0 aliphatic carbocycles. The van der Waals surface area contributed by atoms with Crippen molar-refractivity contribution in [2.45, 2.75) is 71.9 Å². The van der Waals surface area contributed by atoms with E-state index >= 15 is 0 Å². The monoisotopic (exact) mass is 277 g/mol. The van der Waals surface area contributed by atoms with Crippen molar-refractivity contribution in [1.82, 2.24) is 5.32 Å². The van der Waals surface area contributed by atoms with E-state index in [1.807, 2.05) is 0 Å². The van der Waals surface area contributed by atoms with Gasteiger partial charge in [0.2, 0.25) is 0 Å². The predicted octanol–water partition coefficient (Wildman–Crippen LogP) is 4.53. The van der Waals surface area contributed by atoms with Crippen LogP contribution in [0.5, 0.6) is 5.75 Å². The summed E-state index contributed by atoms with van der Waals surface area (Å²) in [6.07, 6.45) is 2.43. The number of rotatable bonds is 7. The van der Waals surface area contributed by atoms with Gasteiger partial charge in [-0.1, -0.05) is 46.8 Å². The van der Waals surface area contributed by atoms with Crippen LogP contribution in [0, 0.1) is 0 Å². The van der Waals surface area contributed by atoms with E-state index in [9.17, 15) is 0 Å². The topological polar surface area (TPSA) is 21.3 Å². The van der Waals surface area contributed by atoms with E-state index in [0.29, 0.717) is 6.04 Å². The van der Waals surface area contributed by atoms with Gasteiger partial charge in [-0.05, 0) is 49.4 Å². The van der Waals surface area contributed by atoms with Crippen LogP contribution in [-0.2, 0) is 5.41 Å². The Hall–Kier alpha value is -1.02. The van der Waals surface area contributed by atoms with Gasteiger partial charge in [0, 0.05) is 6.04 Å². The highest BCUT2D eigenvalue weighted by atomic mass is 16.5. The lowest BCUT2D eigenvalue weighted by Crippen LogP contribution is -2.41. The van der Waals surface area contributed by atoms with Gasteiger partial charge in [0.1, 0.15) is 11.9 Å². The van der Waals surface area contributed by atoms with Gasteiger partial charge in [0.25, 0.3) is 0 Å². The molecule has 1 rings (SSSR count). The molecule has 2 unspecified atom stereocenters. The van der Waals surface area contributed by atoms with E-state index in [4.69, 9.17) is 4.74 Å². The van der Waals surface area contributed by atoms with Crippen molar-refractivity contribution in [3.05, 3.63) is 29.8 Å². The van der Waals surface area contributed by atoms with Gasteiger partial charge in [-0.15, -0.1) is 0 Å². The number of benzene rings is 1. The number of hydrogen-bond donors (Lipinski definition) is 1. The van der Waals surface area contributed by atoms with Crippen LogP contribution in [0.2, 0.25) is 0 Å². The van der Waals surface area contributed by atoms with E-state index in [2.05, 4.69) is 71.1 Å². The molecule has 114 valence electrons. The Bertz CT molecular complexity index is 377. The molecule has 2 nitrogen and oxygen atoms in total. The van der Waals surface area contributed by atoms with E-state index in [-0.39, 0.29) is 11.5 Å². The lowest BCUT2D eigenvalue weighted by atomic mass is 9.87. The summed E-state index contributed by atoms with van der Waals surface area (Å²) in [6.45, 7) is 14.3. The summed E-state index contributed by atoms with van der Waals surface area (Å²) < 4.78 is 6.07. The third-order valence-electron chi connectivity index (χ3n) is 3.71. The highest BCUT2D eigenvalue weighted by Crippen LogP contribution is 2.25. The molecule has 20 heavy (non-hydrogen) atoms. The molecule has 0 amide bonds. The lowest BCUT2D eigenvalue weighted by molar-refractivity contribution is 0.167. The SMILES string of the molecule is CCCNC(CC)C(C)Oc1ccc(C(C)(C)C)cc1. The zero-order chi connectivity index (χ0) is 15.2. The number of ether oxygens (including phenoxy) is 1. The van der Waals surface area contributed by atoms with Crippen LogP contribution in [0.4, 0.5) is 0 Å². The van der Waals surface area contributed by atoms with Crippen LogP contribution in [0.15, 0.2) is 24.3 Å². The van der Waals surface area contributed by atoms with Crippen molar-refractivity contribution in [2.75, 3.05) is 6.54 Å². The molecular formula is C18H31NO. The van der Waals surface area contributed by atoms with Gasteiger partial charge in [-0.25, -0.2) is 0 Å². The van der Waals surface area contributed by atoms with Gasteiger partial charge in [0.15, 0.2) is 0 Å². The van der Waals surface area contributed by atoms with Crippen molar-refractivity contribution in [3.63, 3.8) is 0 Å². The molecule has 0 saturated heterocycles. The fourth-order valence-corrected chi connectivity index (χ4v) is 2.30. The fourth-order valence-electron chi connectivity index (χ4n) is 2.30. The molecule has 1 N–H and O–H groups in total. The van der Waals surface area contributed by atoms with E-state index in [1.54, 1.807) is 0 Å². The Labute approximate surface area is 124 Å². The second-order valence-electron chi connectivity index (χ2n) is 6.57. The zero-order valence-corrected chi connectivity index (χ0v) is 14.0. The Morgan fingerprint density at radius 3 is 2.15 bits per heavy atom. The molecule has 0 bridgehead atoms.